The summed E-state index contributed by atoms with van der Waals surface area (Å²) in [5.74, 6) is -4.07. The molecule has 1 aliphatic rings. The molecule has 1 heterocycles. The SMILES string of the molecule is CC1(C(=O)O)CCCN1CC(F)(F)c1ccccc1. The normalized spacial score (nSPS) is 24.6. The molecule has 104 valence electrons. The van der Waals surface area contributed by atoms with Gasteiger partial charge in [0.25, 0.3) is 5.92 Å². The van der Waals surface area contributed by atoms with Gasteiger partial charge in [0.2, 0.25) is 0 Å². The van der Waals surface area contributed by atoms with Gasteiger partial charge in [-0.3, -0.25) is 9.69 Å². The highest BCUT2D eigenvalue weighted by atomic mass is 19.3. The lowest BCUT2D eigenvalue weighted by Crippen LogP contribution is -2.51. The summed E-state index contributed by atoms with van der Waals surface area (Å²) in [5.41, 5.74) is -1.26. The van der Waals surface area contributed by atoms with Crippen LogP contribution in [0.4, 0.5) is 8.78 Å². The maximum atomic E-state index is 14.2. The van der Waals surface area contributed by atoms with E-state index < -0.39 is 24.0 Å². The molecule has 1 fully saturated rings. The molecule has 1 saturated heterocycles. The minimum atomic E-state index is -3.04. The molecule has 5 heteroatoms. The Hall–Kier alpha value is -1.49. The minimum Gasteiger partial charge on any atom is -0.480 e. The average Bonchev–Trinajstić information content (AvgIpc) is 2.73. The highest BCUT2D eigenvalue weighted by molar-refractivity contribution is 5.78. The summed E-state index contributed by atoms with van der Waals surface area (Å²) >= 11 is 0. The molecule has 3 nitrogen and oxygen atoms in total. The highest BCUT2D eigenvalue weighted by Gasteiger charge is 2.47. The summed E-state index contributed by atoms with van der Waals surface area (Å²) in [6, 6.07) is 7.53. The van der Waals surface area contributed by atoms with Crippen molar-refractivity contribution in [1.82, 2.24) is 4.90 Å². The highest BCUT2D eigenvalue weighted by Crippen LogP contribution is 2.36. The third kappa shape index (κ3) is 2.61. The van der Waals surface area contributed by atoms with E-state index in [4.69, 9.17) is 0 Å². The van der Waals surface area contributed by atoms with Crippen LogP contribution in [0.15, 0.2) is 30.3 Å². The summed E-state index contributed by atoms with van der Waals surface area (Å²) in [6.45, 7) is 1.36. The van der Waals surface area contributed by atoms with Gasteiger partial charge in [-0.25, -0.2) is 0 Å². The number of likely N-dealkylation sites (tertiary alicyclic amines) is 1. The van der Waals surface area contributed by atoms with E-state index in [9.17, 15) is 18.7 Å². The number of carboxylic acids is 1. The Morgan fingerprint density at radius 1 is 1.42 bits per heavy atom. The summed E-state index contributed by atoms with van der Waals surface area (Å²) in [7, 11) is 0. The zero-order valence-corrected chi connectivity index (χ0v) is 10.8. The second-order valence-electron chi connectivity index (χ2n) is 5.17. The Labute approximate surface area is 110 Å². The number of alkyl halides is 2. The molecular weight excluding hydrogens is 252 g/mol. The van der Waals surface area contributed by atoms with Crippen LogP contribution in [0.1, 0.15) is 25.3 Å². The third-order valence-electron chi connectivity index (χ3n) is 3.84. The van der Waals surface area contributed by atoms with E-state index in [1.807, 2.05) is 0 Å². The molecule has 19 heavy (non-hydrogen) atoms. The number of nitrogens with zero attached hydrogens (tertiary/aromatic N) is 1. The van der Waals surface area contributed by atoms with E-state index in [1.165, 1.54) is 24.0 Å². The molecule has 0 saturated carbocycles. The zero-order chi connectivity index (χ0) is 14.1. The smallest absolute Gasteiger partial charge is 0.323 e. The first kappa shape index (κ1) is 13.9. The molecule has 0 aromatic heterocycles. The van der Waals surface area contributed by atoms with Crippen molar-refractivity contribution in [2.75, 3.05) is 13.1 Å². The fourth-order valence-electron chi connectivity index (χ4n) is 2.53. The Balaban J connectivity index is 2.19. The van der Waals surface area contributed by atoms with Crippen LogP contribution in [0.3, 0.4) is 0 Å². The number of carbonyl (C=O) groups is 1. The molecule has 0 spiro atoms. The van der Waals surface area contributed by atoms with Crippen molar-refractivity contribution in [2.24, 2.45) is 0 Å². The molecular formula is C14H17F2NO2. The van der Waals surface area contributed by atoms with E-state index in [1.54, 1.807) is 18.2 Å². The second kappa shape index (κ2) is 4.89. The Kier molecular flexibility index (Phi) is 3.58. The van der Waals surface area contributed by atoms with Gasteiger partial charge in [-0.2, -0.15) is 8.78 Å². The summed E-state index contributed by atoms with van der Waals surface area (Å²) in [4.78, 5) is 12.6. The number of benzene rings is 1. The molecule has 1 unspecified atom stereocenters. The topological polar surface area (TPSA) is 40.5 Å². The van der Waals surface area contributed by atoms with E-state index in [-0.39, 0.29) is 5.56 Å². The van der Waals surface area contributed by atoms with Crippen LogP contribution in [0.25, 0.3) is 0 Å². The molecule has 1 N–H and O–H groups in total. The summed E-state index contributed by atoms with van der Waals surface area (Å²) < 4.78 is 28.4. The molecule has 2 rings (SSSR count). The number of aliphatic carboxylic acids is 1. The largest absolute Gasteiger partial charge is 0.480 e. The van der Waals surface area contributed by atoms with Gasteiger partial charge in [0.1, 0.15) is 5.54 Å². The van der Waals surface area contributed by atoms with Crippen LogP contribution < -0.4 is 0 Å². The lowest BCUT2D eigenvalue weighted by Gasteiger charge is -2.33. The Morgan fingerprint density at radius 2 is 2.05 bits per heavy atom. The molecule has 1 aromatic carbocycles. The fraction of sp³-hybridized carbons (Fsp3) is 0.500. The van der Waals surface area contributed by atoms with Crippen LogP contribution in [0.2, 0.25) is 0 Å². The first-order chi connectivity index (χ1) is 8.86. The number of rotatable bonds is 4. The number of hydrogen-bond acceptors (Lipinski definition) is 2. The van der Waals surface area contributed by atoms with Gasteiger partial charge < -0.3 is 5.11 Å². The second-order valence-corrected chi connectivity index (χ2v) is 5.17. The first-order valence-electron chi connectivity index (χ1n) is 6.28. The van der Waals surface area contributed by atoms with Crippen LogP contribution in [-0.4, -0.2) is 34.6 Å². The molecule has 1 aliphatic heterocycles. The fourth-order valence-corrected chi connectivity index (χ4v) is 2.53. The quantitative estimate of drug-likeness (QED) is 0.913. The monoisotopic (exact) mass is 269 g/mol. The van der Waals surface area contributed by atoms with Crippen molar-refractivity contribution in [3.8, 4) is 0 Å². The van der Waals surface area contributed by atoms with Gasteiger partial charge in [-0.05, 0) is 26.3 Å². The zero-order valence-electron chi connectivity index (χ0n) is 10.8. The van der Waals surface area contributed by atoms with Gasteiger partial charge in [0.15, 0.2) is 0 Å². The van der Waals surface area contributed by atoms with Crippen molar-refractivity contribution < 1.29 is 18.7 Å². The molecule has 0 aliphatic carbocycles. The van der Waals surface area contributed by atoms with E-state index in [0.717, 1.165) is 0 Å². The van der Waals surface area contributed by atoms with Crippen molar-refractivity contribution >= 4 is 5.97 Å². The van der Waals surface area contributed by atoms with E-state index in [0.29, 0.717) is 19.4 Å². The number of carboxylic acid groups (broad SMARTS) is 1. The average molecular weight is 269 g/mol. The maximum Gasteiger partial charge on any atom is 0.323 e. The van der Waals surface area contributed by atoms with Gasteiger partial charge in [0.05, 0.1) is 6.54 Å². The van der Waals surface area contributed by atoms with Gasteiger partial charge in [0, 0.05) is 5.56 Å². The molecule has 0 amide bonds. The molecule has 0 bridgehead atoms. The van der Waals surface area contributed by atoms with Crippen molar-refractivity contribution in [2.45, 2.75) is 31.2 Å². The Morgan fingerprint density at radius 3 is 2.63 bits per heavy atom. The van der Waals surface area contributed by atoms with E-state index in [2.05, 4.69) is 0 Å². The number of hydrogen-bond donors (Lipinski definition) is 1. The van der Waals surface area contributed by atoms with Crippen molar-refractivity contribution in [1.29, 1.82) is 0 Å². The molecule has 0 radical (unpaired) electrons. The first-order valence-corrected chi connectivity index (χ1v) is 6.28. The van der Waals surface area contributed by atoms with Crippen LogP contribution in [-0.2, 0) is 10.7 Å². The van der Waals surface area contributed by atoms with Crippen LogP contribution >= 0.6 is 0 Å². The number of halogens is 2. The predicted molar refractivity (Wildman–Crippen MR) is 67.2 cm³/mol. The lowest BCUT2D eigenvalue weighted by molar-refractivity contribution is -0.151. The van der Waals surface area contributed by atoms with Crippen LogP contribution in [0.5, 0.6) is 0 Å². The summed E-state index contributed by atoms with van der Waals surface area (Å²) in [6.07, 6.45) is 1.04. The predicted octanol–water partition coefficient (Wildman–Crippen LogP) is 2.72. The molecule has 1 atom stereocenters. The molecule has 1 aromatic rings. The maximum absolute atomic E-state index is 14.2. The summed E-state index contributed by atoms with van der Waals surface area (Å²) in [5, 5.41) is 9.22. The van der Waals surface area contributed by atoms with Gasteiger partial charge in [-0.15, -0.1) is 0 Å². The van der Waals surface area contributed by atoms with Gasteiger partial charge >= 0.3 is 5.97 Å². The Bertz CT molecular complexity index is 464. The third-order valence-corrected chi connectivity index (χ3v) is 3.84. The van der Waals surface area contributed by atoms with E-state index >= 15 is 0 Å². The minimum absolute atomic E-state index is 0.0744. The standard InChI is InChI=1S/C14H17F2NO2/c1-13(12(18)19)8-5-9-17(13)10-14(15,16)11-6-3-2-4-7-11/h2-4,6-7H,5,8-10H2,1H3,(H,18,19). The lowest BCUT2D eigenvalue weighted by atomic mass is 9.98. The van der Waals surface area contributed by atoms with Crippen molar-refractivity contribution in [3.63, 3.8) is 0 Å². The van der Waals surface area contributed by atoms with Gasteiger partial charge in [-0.1, -0.05) is 30.3 Å². The van der Waals surface area contributed by atoms with Crippen LogP contribution in [0, 0.1) is 0 Å². The van der Waals surface area contributed by atoms with Crippen molar-refractivity contribution in [3.05, 3.63) is 35.9 Å².